The zero-order valence-electron chi connectivity index (χ0n) is 13.7. The fourth-order valence-electron chi connectivity index (χ4n) is 1.63. The summed E-state index contributed by atoms with van der Waals surface area (Å²) in [4.78, 5) is 11.8. The van der Waals surface area contributed by atoms with Gasteiger partial charge >= 0.3 is 6.09 Å². The molecule has 1 N–H and O–H groups in total. The van der Waals surface area contributed by atoms with Crippen molar-refractivity contribution in [2.24, 2.45) is 0 Å². The molecule has 4 nitrogen and oxygen atoms in total. The Balaban J connectivity index is 2.65. The molecule has 0 saturated carbocycles. The predicted octanol–water partition coefficient (Wildman–Crippen LogP) is 4.01. The summed E-state index contributed by atoms with van der Waals surface area (Å²) < 4.78 is 10.4. The van der Waals surface area contributed by atoms with Crippen LogP contribution in [-0.4, -0.2) is 24.3 Å². The number of hydrogen-bond donors (Lipinski definition) is 1. The van der Waals surface area contributed by atoms with Crippen molar-refractivity contribution >= 4 is 12.2 Å². The number of ether oxygens (including phenoxy) is 2. The lowest BCUT2D eigenvalue weighted by Gasteiger charge is -2.26. The number of methoxy groups -OCH3 is 1. The van der Waals surface area contributed by atoms with E-state index in [4.69, 9.17) is 9.47 Å². The molecule has 1 aromatic carbocycles. The van der Waals surface area contributed by atoms with Gasteiger partial charge in [-0.15, -0.1) is 0 Å². The van der Waals surface area contributed by atoms with Crippen molar-refractivity contribution in [3.8, 4) is 5.75 Å². The number of carbonyl (C=O) groups is 1. The summed E-state index contributed by atoms with van der Waals surface area (Å²) in [6, 6.07) is 7.71. The van der Waals surface area contributed by atoms with Crippen molar-refractivity contribution in [3.05, 3.63) is 35.9 Å². The van der Waals surface area contributed by atoms with Gasteiger partial charge in [-0.2, -0.15) is 0 Å². The van der Waals surface area contributed by atoms with E-state index >= 15 is 0 Å². The first-order valence-electron chi connectivity index (χ1n) is 6.96. The first kappa shape index (κ1) is 17.1. The van der Waals surface area contributed by atoms with Gasteiger partial charge in [0.25, 0.3) is 0 Å². The zero-order valence-corrected chi connectivity index (χ0v) is 13.7. The van der Waals surface area contributed by atoms with Crippen molar-refractivity contribution in [2.45, 2.75) is 45.8 Å². The number of amides is 1. The van der Waals surface area contributed by atoms with E-state index in [9.17, 15) is 4.79 Å². The summed E-state index contributed by atoms with van der Waals surface area (Å²) in [5.74, 6) is 0.818. The van der Waals surface area contributed by atoms with Crippen LogP contribution in [-0.2, 0) is 4.74 Å². The van der Waals surface area contributed by atoms with Crippen molar-refractivity contribution in [2.75, 3.05) is 7.11 Å². The molecule has 0 heterocycles. The largest absolute Gasteiger partial charge is 0.497 e. The molecule has 0 saturated heterocycles. The van der Waals surface area contributed by atoms with Gasteiger partial charge in [0.15, 0.2) is 0 Å². The molecule has 0 radical (unpaired) electrons. The molecule has 0 aliphatic carbocycles. The molecule has 0 aliphatic rings. The summed E-state index contributed by atoms with van der Waals surface area (Å²) in [5, 5.41) is 2.83. The molecule has 0 aliphatic heterocycles. The van der Waals surface area contributed by atoms with Crippen LogP contribution < -0.4 is 10.1 Å². The molecule has 0 atom stereocenters. The van der Waals surface area contributed by atoms with Crippen LogP contribution in [0.2, 0.25) is 0 Å². The number of nitrogens with one attached hydrogen (secondary N) is 1. The van der Waals surface area contributed by atoms with Crippen molar-refractivity contribution in [3.63, 3.8) is 0 Å². The van der Waals surface area contributed by atoms with Gasteiger partial charge in [0.1, 0.15) is 11.4 Å². The lowest BCUT2D eigenvalue weighted by atomic mass is 10.0. The molecular formula is C17H25NO3. The van der Waals surface area contributed by atoms with Crippen molar-refractivity contribution < 1.29 is 14.3 Å². The van der Waals surface area contributed by atoms with E-state index in [1.807, 2.05) is 71.0 Å². The topological polar surface area (TPSA) is 47.6 Å². The SMILES string of the molecule is COc1ccc(/C=C\C(C)(C)NC(=O)OC(C)(C)C)cc1. The second-order valence-electron chi connectivity index (χ2n) is 6.46. The van der Waals surface area contributed by atoms with E-state index in [2.05, 4.69) is 5.32 Å². The number of hydrogen-bond acceptors (Lipinski definition) is 3. The quantitative estimate of drug-likeness (QED) is 0.911. The first-order valence-corrected chi connectivity index (χ1v) is 6.96. The number of rotatable bonds is 4. The van der Waals surface area contributed by atoms with Gasteiger partial charge in [0, 0.05) is 0 Å². The van der Waals surface area contributed by atoms with Crippen LogP contribution in [0.25, 0.3) is 6.08 Å². The van der Waals surface area contributed by atoms with Crippen LogP contribution in [0.1, 0.15) is 40.2 Å². The standard InChI is InChI=1S/C17H25NO3/c1-16(2,3)21-15(19)18-17(4,5)12-11-13-7-9-14(20-6)10-8-13/h7-12H,1-6H3,(H,18,19)/b12-11-. The third-order valence-electron chi connectivity index (χ3n) is 2.63. The number of benzene rings is 1. The maximum Gasteiger partial charge on any atom is 0.408 e. The van der Waals surface area contributed by atoms with E-state index in [0.717, 1.165) is 11.3 Å². The summed E-state index contributed by atoms with van der Waals surface area (Å²) in [6.07, 6.45) is 3.46. The second kappa shape index (κ2) is 6.66. The average molecular weight is 291 g/mol. The average Bonchev–Trinajstić information content (AvgIpc) is 2.34. The Morgan fingerprint density at radius 2 is 1.67 bits per heavy atom. The molecule has 0 unspecified atom stereocenters. The van der Waals surface area contributed by atoms with Gasteiger partial charge in [-0.05, 0) is 52.3 Å². The third kappa shape index (κ3) is 6.84. The highest BCUT2D eigenvalue weighted by Crippen LogP contribution is 2.15. The Morgan fingerprint density at radius 1 is 1.10 bits per heavy atom. The Labute approximate surface area is 127 Å². The van der Waals surface area contributed by atoms with Crippen LogP contribution in [0.5, 0.6) is 5.75 Å². The predicted molar refractivity (Wildman–Crippen MR) is 85.5 cm³/mol. The van der Waals surface area contributed by atoms with Gasteiger partial charge in [-0.25, -0.2) is 4.79 Å². The third-order valence-corrected chi connectivity index (χ3v) is 2.63. The number of alkyl carbamates (subject to hydrolysis) is 1. The molecule has 21 heavy (non-hydrogen) atoms. The molecule has 1 amide bonds. The minimum absolute atomic E-state index is 0.424. The van der Waals surface area contributed by atoms with E-state index in [1.165, 1.54) is 0 Å². The molecule has 116 valence electrons. The molecule has 0 spiro atoms. The Kier molecular flexibility index (Phi) is 5.41. The monoisotopic (exact) mass is 291 g/mol. The lowest BCUT2D eigenvalue weighted by molar-refractivity contribution is 0.0491. The van der Waals surface area contributed by atoms with Crippen molar-refractivity contribution in [1.29, 1.82) is 0 Å². The highest BCUT2D eigenvalue weighted by atomic mass is 16.6. The maximum atomic E-state index is 11.8. The van der Waals surface area contributed by atoms with Crippen molar-refractivity contribution in [1.82, 2.24) is 5.32 Å². The van der Waals surface area contributed by atoms with Crippen LogP contribution >= 0.6 is 0 Å². The molecular weight excluding hydrogens is 266 g/mol. The van der Waals surface area contributed by atoms with Gasteiger partial charge in [0.05, 0.1) is 12.6 Å². The first-order chi connectivity index (χ1) is 9.61. The highest BCUT2D eigenvalue weighted by Gasteiger charge is 2.22. The summed E-state index contributed by atoms with van der Waals surface area (Å²) in [5.41, 5.74) is 0.0390. The summed E-state index contributed by atoms with van der Waals surface area (Å²) >= 11 is 0. The van der Waals surface area contributed by atoms with Crippen LogP contribution in [0.4, 0.5) is 4.79 Å². The molecule has 0 bridgehead atoms. The molecule has 0 aromatic heterocycles. The molecule has 1 aromatic rings. The highest BCUT2D eigenvalue weighted by molar-refractivity contribution is 5.69. The maximum absolute atomic E-state index is 11.8. The minimum Gasteiger partial charge on any atom is -0.497 e. The second-order valence-corrected chi connectivity index (χ2v) is 6.46. The Morgan fingerprint density at radius 3 is 2.14 bits per heavy atom. The Bertz CT molecular complexity index is 496. The molecule has 1 rings (SSSR count). The van der Waals surface area contributed by atoms with Gasteiger partial charge in [-0.1, -0.05) is 24.3 Å². The fourth-order valence-corrected chi connectivity index (χ4v) is 1.63. The summed E-state index contributed by atoms with van der Waals surface area (Å²) in [6.45, 7) is 9.35. The molecule has 4 heteroatoms. The van der Waals surface area contributed by atoms with E-state index in [0.29, 0.717) is 0 Å². The summed E-state index contributed by atoms with van der Waals surface area (Å²) in [7, 11) is 1.64. The normalized spacial score (nSPS) is 12.3. The molecule has 0 fully saturated rings. The minimum atomic E-state index is -0.500. The van der Waals surface area contributed by atoms with E-state index in [-0.39, 0.29) is 0 Å². The van der Waals surface area contributed by atoms with Crippen LogP contribution in [0, 0.1) is 0 Å². The van der Waals surface area contributed by atoms with Gasteiger partial charge < -0.3 is 14.8 Å². The fraction of sp³-hybridized carbons (Fsp3) is 0.471. The van der Waals surface area contributed by atoms with Crippen LogP contribution in [0.3, 0.4) is 0 Å². The van der Waals surface area contributed by atoms with Gasteiger partial charge in [-0.3, -0.25) is 0 Å². The smallest absolute Gasteiger partial charge is 0.408 e. The lowest BCUT2D eigenvalue weighted by Crippen LogP contribution is -2.44. The van der Waals surface area contributed by atoms with Crippen LogP contribution in [0.15, 0.2) is 30.3 Å². The van der Waals surface area contributed by atoms with E-state index in [1.54, 1.807) is 7.11 Å². The van der Waals surface area contributed by atoms with E-state index < -0.39 is 17.2 Å². The zero-order chi connectivity index (χ0) is 16.1. The number of carbonyl (C=O) groups excluding carboxylic acids is 1. The Hall–Kier alpha value is -1.97. The van der Waals surface area contributed by atoms with Gasteiger partial charge in [0.2, 0.25) is 0 Å².